The molecular formula is C16H16N4O3S. The first-order chi connectivity index (χ1) is 11.4. The molecule has 0 saturated carbocycles. The van der Waals surface area contributed by atoms with Crippen LogP contribution in [-0.2, 0) is 6.54 Å². The van der Waals surface area contributed by atoms with Crippen LogP contribution in [0.3, 0.4) is 0 Å². The van der Waals surface area contributed by atoms with Gasteiger partial charge in [-0.2, -0.15) is 5.10 Å². The van der Waals surface area contributed by atoms with Crippen molar-refractivity contribution in [3.05, 3.63) is 46.3 Å². The van der Waals surface area contributed by atoms with Gasteiger partial charge in [-0.25, -0.2) is 4.79 Å². The fraction of sp³-hybridized carbons (Fsp3) is 0.188. The third-order valence-corrected chi connectivity index (χ3v) is 4.43. The van der Waals surface area contributed by atoms with Crippen molar-refractivity contribution in [3.63, 3.8) is 0 Å². The monoisotopic (exact) mass is 344 g/mol. The van der Waals surface area contributed by atoms with Crippen molar-refractivity contribution in [1.82, 2.24) is 15.1 Å². The molecule has 0 aliphatic rings. The first-order valence-corrected chi connectivity index (χ1v) is 8.02. The minimum Gasteiger partial charge on any atom is -0.477 e. The smallest absolute Gasteiger partial charge is 0.345 e. The Morgan fingerprint density at radius 3 is 2.62 bits per heavy atom. The molecule has 1 aromatic carbocycles. The maximum absolute atomic E-state index is 12.3. The summed E-state index contributed by atoms with van der Waals surface area (Å²) in [5.41, 5.74) is 1.64. The summed E-state index contributed by atoms with van der Waals surface area (Å²) in [6, 6.07) is 8.84. The van der Waals surface area contributed by atoms with Gasteiger partial charge in [0.2, 0.25) is 0 Å². The van der Waals surface area contributed by atoms with Crippen LogP contribution in [0, 0.1) is 0 Å². The molecule has 7 nitrogen and oxygen atoms in total. The molecule has 2 aromatic heterocycles. The van der Waals surface area contributed by atoms with E-state index in [0.29, 0.717) is 21.6 Å². The van der Waals surface area contributed by atoms with Gasteiger partial charge in [0.1, 0.15) is 15.5 Å². The van der Waals surface area contributed by atoms with E-state index in [2.05, 4.69) is 15.5 Å². The number of carbonyl (C=O) groups excluding carboxylic acids is 1. The summed E-state index contributed by atoms with van der Waals surface area (Å²) in [6.07, 6.45) is 0. The summed E-state index contributed by atoms with van der Waals surface area (Å²) >= 11 is 1.06. The molecule has 0 saturated heterocycles. The van der Waals surface area contributed by atoms with Gasteiger partial charge in [-0.15, -0.1) is 11.3 Å². The molecule has 0 spiro atoms. The quantitative estimate of drug-likeness (QED) is 0.661. The SMILES string of the molecule is CN(C)Cc1ccc(C(=O)Nc2[nH]nc3sc(C(=O)O)cc23)cc1. The molecular weight excluding hydrogens is 328 g/mol. The van der Waals surface area contributed by atoms with E-state index < -0.39 is 5.97 Å². The molecule has 0 bridgehead atoms. The topological polar surface area (TPSA) is 98.3 Å². The second kappa shape index (κ2) is 6.42. The molecule has 0 aliphatic carbocycles. The van der Waals surface area contributed by atoms with Crippen molar-refractivity contribution in [2.24, 2.45) is 0 Å². The number of rotatable bonds is 5. The number of aromatic nitrogens is 2. The second-order valence-corrected chi connectivity index (χ2v) is 6.65. The normalized spacial score (nSPS) is 11.1. The van der Waals surface area contributed by atoms with E-state index in [9.17, 15) is 9.59 Å². The summed E-state index contributed by atoms with van der Waals surface area (Å²) in [7, 11) is 3.96. The van der Waals surface area contributed by atoms with Crippen LogP contribution in [0.5, 0.6) is 0 Å². The Kier molecular flexibility index (Phi) is 4.32. The van der Waals surface area contributed by atoms with Crippen molar-refractivity contribution in [2.45, 2.75) is 6.54 Å². The van der Waals surface area contributed by atoms with Crippen LogP contribution in [0.15, 0.2) is 30.3 Å². The molecule has 8 heteroatoms. The number of hydrogen-bond acceptors (Lipinski definition) is 5. The van der Waals surface area contributed by atoms with Crippen LogP contribution in [0.2, 0.25) is 0 Å². The molecule has 0 aliphatic heterocycles. The van der Waals surface area contributed by atoms with Crippen LogP contribution in [-0.4, -0.2) is 46.2 Å². The minimum absolute atomic E-state index is 0.185. The molecule has 3 aromatic rings. The minimum atomic E-state index is -1.01. The molecule has 0 fully saturated rings. The van der Waals surface area contributed by atoms with Gasteiger partial charge in [0.25, 0.3) is 5.91 Å². The highest BCUT2D eigenvalue weighted by molar-refractivity contribution is 7.20. The third kappa shape index (κ3) is 3.29. The van der Waals surface area contributed by atoms with Gasteiger partial charge in [-0.05, 0) is 37.9 Å². The average Bonchev–Trinajstić information content (AvgIpc) is 3.09. The number of carboxylic acid groups (broad SMARTS) is 1. The first-order valence-electron chi connectivity index (χ1n) is 7.20. The predicted octanol–water partition coefficient (Wildman–Crippen LogP) is 2.64. The second-order valence-electron chi connectivity index (χ2n) is 5.62. The van der Waals surface area contributed by atoms with E-state index in [1.807, 2.05) is 31.1 Å². The van der Waals surface area contributed by atoms with Crippen LogP contribution >= 0.6 is 11.3 Å². The lowest BCUT2D eigenvalue weighted by Gasteiger charge is -2.10. The number of nitrogens with one attached hydrogen (secondary N) is 2. The fourth-order valence-electron chi connectivity index (χ4n) is 2.32. The number of carbonyl (C=O) groups is 2. The van der Waals surface area contributed by atoms with E-state index >= 15 is 0 Å². The average molecular weight is 344 g/mol. The molecule has 0 radical (unpaired) electrons. The highest BCUT2D eigenvalue weighted by Gasteiger charge is 2.16. The first kappa shape index (κ1) is 16.2. The standard InChI is InChI=1S/C16H16N4O3S/c1-20(2)8-9-3-5-10(6-4-9)14(21)17-13-11-7-12(16(22)23)24-15(11)19-18-13/h3-7H,8H2,1-2H3,(H,22,23)(H2,17,18,19,21). The molecule has 3 N–H and O–H groups in total. The summed E-state index contributed by atoms with van der Waals surface area (Å²) in [4.78, 5) is 26.1. The van der Waals surface area contributed by atoms with Crippen molar-refractivity contribution < 1.29 is 14.7 Å². The van der Waals surface area contributed by atoms with Gasteiger partial charge in [0.05, 0.1) is 5.39 Å². The van der Waals surface area contributed by atoms with Gasteiger partial charge in [0, 0.05) is 12.1 Å². The van der Waals surface area contributed by atoms with E-state index in [-0.39, 0.29) is 10.8 Å². The number of thiophene rings is 1. The van der Waals surface area contributed by atoms with Crippen LogP contribution in [0.25, 0.3) is 10.2 Å². The molecule has 0 unspecified atom stereocenters. The molecule has 124 valence electrons. The molecule has 24 heavy (non-hydrogen) atoms. The Hall–Kier alpha value is -2.71. The van der Waals surface area contributed by atoms with Crippen molar-refractivity contribution in [2.75, 3.05) is 19.4 Å². The van der Waals surface area contributed by atoms with Gasteiger partial charge >= 0.3 is 5.97 Å². The lowest BCUT2D eigenvalue weighted by molar-refractivity contribution is 0.0702. The zero-order chi connectivity index (χ0) is 17.3. The van der Waals surface area contributed by atoms with Crippen LogP contribution < -0.4 is 5.32 Å². The number of benzene rings is 1. The number of amides is 1. The maximum atomic E-state index is 12.3. The Bertz CT molecular complexity index is 896. The molecule has 2 heterocycles. The number of anilines is 1. The fourth-order valence-corrected chi connectivity index (χ4v) is 3.16. The Labute approximate surface area is 141 Å². The van der Waals surface area contributed by atoms with Crippen molar-refractivity contribution in [3.8, 4) is 0 Å². The van der Waals surface area contributed by atoms with E-state index in [1.54, 1.807) is 12.1 Å². The number of H-pyrrole nitrogens is 1. The number of aromatic amines is 1. The third-order valence-electron chi connectivity index (χ3n) is 3.42. The van der Waals surface area contributed by atoms with E-state index in [1.165, 1.54) is 6.07 Å². The van der Waals surface area contributed by atoms with E-state index in [4.69, 9.17) is 5.11 Å². The summed E-state index contributed by atoms with van der Waals surface area (Å²) < 4.78 is 0. The molecule has 0 atom stereocenters. The van der Waals surface area contributed by atoms with Crippen molar-refractivity contribution in [1.29, 1.82) is 0 Å². The molecule has 3 rings (SSSR count). The summed E-state index contributed by atoms with van der Waals surface area (Å²) in [6.45, 7) is 0.802. The van der Waals surface area contributed by atoms with Gasteiger partial charge in [-0.1, -0.05) is 12.1 Å². The number of nitrogens with zero attached hydrogens (tertiary/aromatic N) is 2. The number of aromatic carboxylic acids is 1. The summed E-state index contributed by atoms with van der Waals surface area (Å²) in [5, 5.41) is 19.1. The highest BCUT2D eigenvalue weighted by Crippen LogP contribution is 2.29. The number of carboxylic acids is 1. The van der Waals surface area contributed by atoms with Crippen LogP contribution in [0.4, 0.5) is 5.82 Å². The largest absolute Gasteiger partial charge is 0.477 e. The molecule has 1 amide bonds. The van der Waals surface area contributed by atoms with Crippen molar-refractivity contribution >= 4 is 39.2 Å². The lowest BCUT2D eigenvalue weighted by atomic mass is 10.1. The predicted molar refractivity (Wildman–Crippen MR) is 92.7 cm³/mol. The zero-order valence-corrected chi connectivity index (χ0v) is 14.0. The summed E-state index contributed by atoms with van der Waals surface area (Å²) in [5.74, 6) is -0.886. The lowest BCUT2D eigenvalue weighted by Crippen LogP contribution is -2.13. The van der Waals surface area contributed by atoms with E-state index in [0.717, 1.165) is 23.4 Å². The van der Waals surface area contributed by atoms with Crippen LogP contribution in [0.1, 0.15) is 25.6 Å². The number of hydrogen-bond donors (Lipinski definition) is 3. The van der Waals surface area contributed by atoms with Gasteiger partial charge < -0.3 is 15.3 Å². The maximum Gasteiger partial charge on any atom is 0.345 e. The van der Waals surface area contributed by atoms with Gasteiger partial charge in [0.15, 0.2) is 0 Å². The Morgan fingerprint density at radius 1 is 1.29 bits per heavy atom. The number of fused-ring (bicyclic) bond motifs is 1. The zero-order valence-electron chi connectivity index (χ0n) is 13.2. The van der Waals surface area contributed by atoms with Gasteiger partial charge in [-0.3, -0.25) is 9.89 Å². The Balaban J connectivity index is 1.78. The Morgan fingerprint density at radius 2 is 2.00 bits per heavy atom. The highest BCUT2D eigenvalue weighted by atomic mass is 32.1.